The van der Waals surface area contributed by atoms with Crippen LogP contribution < -0.4 is 22.1 Å². The van der Waals surface area contributed by atoms with Gasteiger partial charge in [-0.2, -0.15) is 0 Å². The summed E-state index contributed by atoms with van der Waals surface area (Å²) in [6.45, 7) is 2.26. The Hall–Kier alpha value is -2.52. The number of carbonyl (C=O) groups is 2. The van der Waals surface area contributed by atoms with Crippen LogP contribution in [0.15, 0.2) is 18.2 Å². The second kappa shape index (κ2) is 11.6. The summed E-state index contributed by atoms with van der Waals surface area (Å²) in [6.07, 6.45) is 7.35. The van der Waals surface area contributed by atoms with Gasteiger partial charge in [0.05, 0.1) is 17.0 Å². The molecule has 1 aromatic carbocycles. The fourth-order valence-electron chi connectivity index (χ4n) is 3.82. The van der Waals surface area contributed by atoms with E-state index in [-0.39, 0.29) is 22.8 Å². The first-order valence-corrected chi connectivity index (χ1v) is 10.7. The molecule has 2 unspecified atom stereocenters. The number of nitrogens with two attached hydrogens (primary N) is 2. The molecule has 9 nitrogen and oxygen atoms in total. The minimum absolute atomic E-state index is 0.0511. The molecule has 9 heteroatoms. The van der Waals surface area contributed by atoms with E-state index >= 15 is 0 Å². The molecule has 166 valence electrons. The Labute approximate surface area is 177 Å². The molecule has 30 heavy (non-hydrogen) atoms. The van der Waals surface area contributed by atoms with Crippen LogP contribution >= 0.6 is 0 Å². The van der Waals surface area contributed by atoms with Gasteiger partial charge >= 0.3 is 0 Å². The number of nitrogens with one attached hydrogen (secondary N) is 2. The maximum Gasteiger partial charge on any atom is 0.270 e. The van der Waals surface area contributed by atoms with E-state index in [4.69, 9.17) is 11.5 Å². The molecule has 0 heterocycles. The number of nitro groups is 1. The summed E-state index contributed by atoms with van der Waals surface area (Å²) in [6, 6.07) is 2.81. The first-order valence-electron chi connectivity index (χ1n) is 10.7. The minimum atomic E-state index is -0.816. The molecule has 0 aliphatic heterocycles. The van der Waals surface area contributed by atoms with Crippen molar-refractivity contribution >= 4 is 23.1 Å². The minimum Gasteiger partial charge on any atom is -0.398 e. The molecule has 6 N–H and O–H groups in total. The largest absolute Gasteiger partial charge is 0.398 e. The molecule has 1 amide bonds. The topological polar surface area (TPSA) is 153 Å². The van der Waals surface area contributed by atoms with Crippen molar-refractivity contribution in [2.75, 3.05) is 12.3 Å². The van der Waals surface area contributed by atoms with Gasteiger partial charge < -0.3 is 22.1 Å². The Balaban J connectivity index is 2.12. The number of nitro benzene ring substituents is 1. The highest BCUT2D eigenvalue weighted by Gasteiger charge is 2.27. The molecule has 0 radical (unpaired) electrons. The molecule has 1 fully saturated rings. The standard InChI is InChI=1S/C21H33N5O4/c1-14(24-15-7-3-2-4-8-15)21(28)25-19(9-5-6-12-22)20(27)17-13-16(26(29)30)10-11-18(17)23/h10-11,13-15,19,24H,2-9,12,22-23H2,1H3,(H,25,28). The van der Waals surface area contributed by atoms with Gasteiger partial charge in [-0.25, -0.2) is 0 Å². The number of non-ortho nitro benzene ring substituents is 1. The van der Waals surface area contributed by atoms with Gasteiger partial charge in [0, 0.05) is 29.4 Å². The number of hydrogen-bond donors (Lipinski definition) is 4. The highest BCUT2D eigenvalue weighted by Crippen LogP contribution is 2.22. The number of Topliss-reactive ketones (excluding diaryl/α,β-unsaturated/α-hetero) is 1. The maximum atomic E-state index is 13.1. The molecule has 2 atom stereocenters. The Morgan fingerprint density at radius 1 is 1.23 bits per heavy atom. The molecule has 1 aliphatic carbocycles. The number of hydrogen-bond acceptors (Lipinski definition) is 7. The average molecular weight is 420 g/mol. The molecule has 0 spiro atoms. The summed E-state index contributed by atoms with van der Waals surface area (Å²) >= 11 is 0. The highest BCUT2D eigenvalue weighted by molar-refractivity contribution is 6.06. The van der Waals surface area contributed by atoms with Gasteiger partial charge in [0.15, 0.2) is 5.78 Å². The first kappa shape index (κ1) is 23.8. The van der Waals surface area contributed by atoms with Crippen molar-refractivity contribution in [1.29, 1.82) is 0 Å². The van der Waals surface area contributed by atoms with Crippen LogP contribution in [0.1, 0.15) is 68.6 Å². The highest BCUT2D eigenvalue weighted by atomic mass is 16.6. The van der Waals surface area contributed by atoms with E-state index in [1.807, 2.05) is 0 Å². The Kier molecular flexibility index (Phi) is 9.19. The number of nitrogen functional groups attached to an aromatic ring is 1. The van der Waals surface area contributed by atoms with Crippen LogP contribution in [0.25, 0.3) is 0 Å². The van der Waals surface area contributed by atoms with Crippen LogP contribution in [0, 0.1) is 10.1 Å². The van der Waals surface area contributed by atoms with Gasteiger partial charge in [-0.1, -0.05) is 19.3 Å². The molecule has 1 aliphatic rings. The third-order valence-electron chi connectivity index (χ3n) is 5.58. The fourth-order valence-corrected chi connectivity index (χ4v) is 3.82. The summed E-state index contributed by atoms with van der Waals surface area (Å²) in [4.78, 5) is 36.4. The monoisotopic (exact) mass is 419 g/mol. The smallest absolute Gasteiger partial charge is 0.270 e. The summed E-state index contributed by atoms with van der Waals surface area (Å²) in [7, 11) is 0. The number of amides is 1. The lowest BCUT2D eigenvalue weighted by Gasteiger charge is -2.27. The zero-order chi connectivity index (χ0) is 22.1. The van der Waals surface area contributed by atoms with Crippen LogP contribution in [0.3, 0.4) is 0 Å². The number of benzene rings is 1. The lowest BCUT2D eigenvalue weighted by Crippen LogP contribution is -2.51. The molecule has 1 saturated carbocycles. The van der Waals surface area contributed by atoms with Crippen molar-refractivity contribution in [3.63, 3.8) is 0 Å². The Morgan fingerprint density at radius 3 is 2.57 bits per heavy atom. The third kappa shape index (κ3) is 6.77. The number of anilines is 1. The zero-order valence-electron chi connectivity index (χ0n) is 17.6. The van der Waals surface area contributed by atoms with Crippen LogP contribution in [0.5, 0.6) is 0 Å². The molecular formula is C21H33N5O4. The van der Waals surface area contributed by atoms with Crippen molar-refractivity contribution in [1.82, 2.24) is 10.6 Å². The second-order valence-electron chi connectivity index (χ2n) is 7.96. The summed E-state index contributed by atoms with van der Waals surface area (Å²) in [5.41, 5.74) is 11.4. The van der Waals surface area contributed by atoms with Crippen molar-refractivity contribution in [2.45, 2.75) is 76.4 Å². The van der Waals surface area contributed by atoms with Gasteiger partial charge in [-0.3, -0.25) is 19.7 Å². The van der Waals surface area contributed by atoms with E-state index in [2.05, 4.69) is 10.6 Å². The normalized spacial score (nSPS) is 16.6. The third-order valence-corrected chi connectivity index (χ3v) is 5.58. The molecule has 0 saturated heterocycles. The van der Waals surface area contributed by atoms with Crippen molar-refractivity contribution in [3.8, 4) is 0 Å². The van der Waals surface area contributed by atoms with E-state index in [1.165, 1.54) is 24.6 Å². The number of unbranched alkanes of at least 4 members (excludes halogenated alkanes) is 1. The predicted molar refractivity (Wildman–Crippen MR) is 116 cm³/mol. The lowest BCUT2D eigenvalue weighted by atomic mass is 9.94. The first-order chi connectivity index (χ1) is 14.3. The van der Waals surface area contributed by atoms with E-state index in [0.717, 1.165) is 25.7 Å². The van der Waals surface area contributed by atoms with Crippen LogP contribution in [-0.2, 0) is 4.79 Å². The molecular weight excluding hydrogens is 386 g/mol. The summed E-state index contributed by atoms with van der Waals surface area (Å²) in [5.74, 6) is -0.692. The van der Waals surface area contributed by atoms with Crippen molar-refractivity contribution in [3.05, 3.63) is 33.9 Å². The van der Waals surface area contributed by atoms with E-state index < -0.39 is 22.8 Å². The van der Waals surface area contributed by atoms with Gasteiger partial charge in [0.1, 0.15) is 0 Å². The zero-order valence-corrected chi connectivity index (χ0v) is 17.6. The fraction of sp³-hybridized carbons (Fsp3) is 0.619. The number of rotatable bonds is 11. The van der Waals surface area contributed by atoms with Gasteiger partial charge in [0.25, 0.3) is 5.69 Å². The van der Waals surface area contributed by atoms with Crippen molar-refractivity contribution < 1.29 is 14.5 Å². The van der Waals surface area contributed by atoms with Gasteiger partial charge in [-0.05, 0) is 51.6 Å². The Bertz CT molecular complexity index is 749. The van der Waals surface area contributed by atoms with E-state index in [9.17, 15) is 19.7 Å². The van der Waals surface area contributed by atoms with E-state index in [1.54, 1.807) is 6.92 Å². The molecule has 1 aromatic rings. The van der Waals surface area contributed by atoms with Crippen LogP contribution in [0.4, 0.5) is 11.4 Å². The van der Waals surface area contributed by atoms with Crippen LogP contribution in [-0.4, -0.2) is 41.3 Å². The van der Waals surface area contributed by atoms with Gasteiger partial charge in [0.2, 0.25) is 5.91 Å². The quantitative estimate of drug-likeness (QED) is 0.141. The number of ketones is 1. The average Bonchev–Trinajstić information content (AvgIpc) is 2.73. The summed E-state index contributed by atoms with van der Waals surface area (Å²) in [5, 5.41) is 17.3. The maximum absolute atomic E-state index is 13.1. The molecule has 2 rings (SSSR count). The van der Waals surface area contributed by atoms with Crippen LogP contribution in [0.2, 0.25) is 0 Å². The lowest BCUT2D eigenvalue weighted by molar-refractivity contribution is -0.384. The SMILES string of the molecule is CC(NC1CCCCC1)C(=O)NC(CCCCN)C(=O)c1cc([N+](=O)[O-])ccc1N. The van der Waals surface area contributed by atoms with Crippen molar-refractivity contribution in [2.24, 2.45) is 5.73 Å². The summed E-state index contributed by atoms with van der Waals surface area (Å²) < 4.78 is 0. The Morgan fingerprint density at radius 2 is 1.93 bits per heavy atom. The molecule has 0 bridgehead atoms. The van der Waals surface area contributed by atoms with Gasteiger partial charge in [-0.15, -0.1) is 0 Å². The second-order valence-corrected chi connectivity index (χ2v) is 7.96. The van der Waals surface area contributed by atoms with E-state index in [0.29, 0.717) is 31.8 Å². The predicted octanol–water partition coefficient (Wildman–Crippen LogP) is 2.28. The molecule has 0 aromatic heterocycles. The number of nitrogens with zero attached hydrogens (tertiary/aromatic N) is 1. The number of carbonyl (C=O) groups excluding carboxylic acids is 2.